The fourth-order valence-corrected chi connectivity index (χ4v) is 4.28. The largest absolute Gasteiger partial charge is 0.478 e. The average Bonchev–Trinajstić information content (AvgIpc) is 3.51. The number of rotatable bonds is 3. The molecule has 1 aliphatic heterocycles. The minimum Gasteiger partial charge on any atom is -0.478 e. The molecule has 1 saturated carbocycles. The maximum atomic E-state index is 12.9. The van der Waals surface area contributed by atoms with Crippen molar-refractivity contribution in [1.29, 1.82) is 0 Å². The van der Waals surface area contributed by atoms with Gasteiger partial charge in [-0.1, -0.05) is 57.9 Å². The molecule has 1 aliphatic carbocycles. The third kappa shape index (κ3) is 4.00. The van der Waals surface area contributed by atoms with Crippen LogP contribution in [0.3, 0.4) is 0 Å². The lowest BCUT2D eigenvalue weighted by Crippen LogP contribution is -2.31. The highest BCUT2D eigenvalue weighted by molar-refractivity contribution is 9.10. The van der Waals surface area contributed by atoms with Gasteiger partial charge in [0.2, 0.25) is 5.91 Å². The van der Waals surface area contributed by atoms with Gasteiger partial charge in [0.05, 0.1) is 17.5 Å². The second-order valence-corrected chi connectivity index (χ2v) is 8.79. The van der Waals surface area contributed by atoms with Crippen LogP contribution in [0, 0.1) is 0 Å². The van der Waals surface area contributed by atoms with Crippen molar-refractivity contribution in [1.82, 2.24) is 0 Å². The van der Waals surface area contributed by atoms with Gasteiger partial charge in [-0.2, -0.15) is 0 Å². The summed E-state index contributed by atoms with van der Waals surface area (Å²) in [5, 5.41) is 9.91. The van der Waals surface area contributed by atoms with Crippen molar-refractivity contribution in [3.63, 3.8) is 0 Å². The van der Waals surface area contributed by atoms with Gasteiger partial charge in [0.1, 0.15) is 0 Å². The summed E-state index contributed by atoms with van der Waals surface area (Å²) < 4.78 is 0.977. The molecule has 0 radical (unpaired) electrons. The number of nitrogens with zero attached hydrogens (tertiary/aromatic N) is 1. The molecule has 0 bridgehead atoms. The van der Waals surface area contributed by atoms with Crippen molar-refractivity contribution in [2.45, 2.75) is 24.8 Å². The number of amides is 1. The van der Waals surface area contributed by atoms with E-state index >= 15 is 0 Å². The van der Waals surface area contributed by atoms with E-state index in [4.69, 9.17) is 16.7 Å². The van der Waals surface area contributed by atoms with Gasteiger partial charge in [-0.05, 0) is 66.4 Å². The number of fused-ring (bicyclic) bond motifs is 2. The van der Waals surface area contributed by atoms with E-state index in [1.54, 1.807) is 23.1 Å². The van der Waals surface area contributed by atoms with E-state index in [-0.39, 0.29) is 16.9 Å². The molecule has 1 spiro atoms. The lowest BCUT2D eigenvalue weighted by molar-refractivity contribution is -0.120. The van der Waals surface area contributed by atoms with E-state index in [0.717, 1.165) is 39.2 Å². The van der Waals surface area contributed by atoms with E-state index in [1.807, 2.05) is 54.6 Å². The van der Waals surface area contributed by atoms with Crippen molar-refractivity contribution >= 4 is 45.1 Å². The molecule has 152 valence electrons. The van der Waals surface area contributed by atoms with E-state index in [0.29, 0.717) is 6.54 Å². The van der Waals surface area contributed by atoms with E-state index in [2.05, 4.69) is 15.9 Å². The number of carboxylic acid groups (broad SMARTS) is 1. The number of carbonyl (C=O) groups excluding carboxylic acids is 1. The molecule has 1 N–H and O–H groups in total. The first kappa shape index (κ1) is 20.6. The third-order valence-corrected chi connectivity index (χ3v) is 6.16. The quantitative estimate of drug-likeness (QED) is 0.491. The predicted molar refractivity (Wildman–Crippen MR) is 121 cm³/mol. The molecular weight excluding hydrogens is 466 g/mol. The molecule has 1 amide bonds. The summed E-state index contributed by atoms with van der Waals surface area (Å²) in [5.74, 6) is -0.825. The van der Waals surface area contributed by atoms with Crippen LogP contribution in [0.1, 0.15) is 34.3 Å². The second kappa shape index (κ2) is 8.25. The highest BCUT2D eigenvalue weighted by atomic mass is 79.9. The van der Waals surface area contributed by atoms with Crippen LogP contribution in [0.25, 0.3) is 0 Å². The molecule has 3 aromatic carbocycles. The zero-order chi connectivity index (χ0) is 21.3. The van der Waals surface area contributed by atoms with Crippen molar-refractivity contribution in [2.24, 2.45) is 0 Å². The summed E-state index contributed by atoms with van der Waals surface area (Å²) in [5.41, 5.74) is 2.75. The van der Waals surface area contributed by atoms with E-state index in [1.165, 1.54) is 0 Å². The highest BCUT2D eigenvalue weighted by Crippen LogP contribution is 2.58. The smallest absolute Gasteiger partial charge is 0.335 e. The first-order chi connectivity index (χ1) is 14.4. The van der Waals surface area contributed by atoms with Gasteiger partial charge in [-0.25, -0.2) is 4.79 Å². The number of halogens is 2. The topological polar surface area (TPSA) is 57.6 Å². The number of carbonyl (C=O) groups is 2. The fraction of sp³-hybridized carbons (Fsp3) is 0.167. The van der Waals surface area contributed by atoms with Crippen molar-refractivity contribution in [3.8, 4) is 0 Å². The van der Waals surface area contributed by atoms with Crippen LogP contribution in [-0.2, 0) is 16.8 Å². The minimum atomic E-state index is -0.956. The SMILES string of the molecule is Clc1ccccc1.O=C(O)c1cccc(CN2C(=O)C3(CC3)c3cc(Br)ccc32)c1. The summed E-state index contributed by atoms with van der Waals surface area (Å²) in [4.78, 5) is 25.8. The number of carboxylic acids is 1. The summed E-state index contributed by atoms with van der Waals surface area (Å²) in [6.07, 6.45) is 1.78. The van der Waals surface area contributed by atoms with Gasteiger partial charge < -0.3 is 10.0 Å². The summed E-state index contributed by atoms with van der Waals surface area (Å²) in [6, 6.07) is 22.1. The molecule has 5 rings (SSSR count). The Balaban J connectivity index is 0.000000265. The van der Waals surface area contributed by atoms with E-state index in [9.17, 15) is 9.59 Å². The molecule has 1 fully saturated rings. The number of aromatic carboxylic acids is 1. The number of anilines is 1. The monoisotopic (exact) mass is 483 g/mol. The number of hydrogen-bond donors (Lipinski definition) is 1. The Labute approximate surface area is 188 Å². The Kier molecular flexibility index (Phi) is 5.67. The van der Waals surface area contributed by atoms with E-state index < -0.39 is 5.97 Å². The molecule has 30 heavy (non-hydrogen) atoms. The third-order valence-electron chi connectivity index (χ3n) is 5.42. The maximum absolute atomic E-state index is 12.9. The Morgan fingerprint density at radius 2 is 1.77 bits per heavy atom. The zero-order valence-electron chi connectivity index (χ0n) is 16.0. The Morgan fingerprint density at radius 1 is 1.03 bits per heavy atom. The van der Waals surface area contributed by atoms with Crippen molar-refractivity contribution in [2.75, 3.05) is 4.90 Å². The summed E-state index contributed by atoms with van der Waals surface area (Å²) >= 11 is 9.02. The molecule has 1 heterocycles. The van der Waals surface area contributed by atoms with Crippen LogP contribution in [0.5, 0.6) is 0 Å². The standard InChI is InChI=1S/C18H14BrNO3.C6H5Cl/c19-13-4-5-15-14(9-13)18(6-7-18)17(23)20(15)10-11-2-1-3-12(8-11)16(21)22;7-6-4-2-1-3-5-6/h1-5,8-9H,6-7,10H2,(H,21,22);1-5H. The Hall–Kier alpha value is -2.63. The van der Waals surface area contributed by atoms with Gasteiger partial charge in [-0.15, -0.1) is 0 Å². The van der Waals surface area contributed by atoms with Crippen LogP contribution in [0.4, 0.5) is 5.69 Å². The second-order valence-electron chi connectivity index (χ2n) is 7.44. The van der Waals surface area contributed by atoms with Gasteiger partial charge in [0, 0.05) is 15.2 Å². The Bertz CT molecular complexity index is 1110. The molecule has 4 nitrogen and oxygen atoms in total. The Morgan fingerprint density at radius 3 is 2.37 bits per heavy atom. The number of benzene rings is 3. The lowest BCUT2D eigenvalue weighted by Gasteiger charge is -2.18. The average molecular weight is 485 g/mol. The van der Waals surface area contributed by atoms with Gasteiger partial charge >= 0.3 is 5.97 Å². The molecule has 0 atom stereocenters. The molecule has 0 aromatic heterocycles. The molecule has 3 aromatic rings. The van der Waals surface area contributed by atoms with Gasteiger partial charge in [-0.3, -0.25) is 4.79 Å². The summed E-state index contributed by atoms with van der Waals surface area (Å²) in [7, 11) is 0. The number of hydrogen-bond acceptors (Lipinski definition) is 2. The molecule has 0 unspecified atom stereocenters. The van der Waals surface area contributed by atoms with Crippen LogP contribution >= 0.6 is 27.5 Å². The van der Waals surface area contributed by atoms with Crippen molar-refractivity contribution < 1.29 is 14.7 Å². The van der Waals surface area contributed by atoms with Crippen molar-refractivity contribution in [3.05, 3.63) is 99.0 Å². The minimum absolute atomic E-state index is 0.131. The van der Waals surface area contributed by atoms with Crippen LogP contribution in [0.15, 0.2) is 77.3 Å². The maximum Gasteiger partial charge on any atom is 0.335 e. The summed E-state index contributed by atoms with van der Waals surface area (Å²) in [6.45, 7) is 0.399. The molecule has 2 aliphatic rings. The van der Waals surface area contributed by atoms with Gasteiger partial charge in [0.15, 0.2) is 0 Å². The zero-order valence-corrected chi connectivity index (χ0v) is 18.4. The molecular formula is C24H19BrClNO3. The first-order valence-corrected chi connectivity index (χ1v) is 10.7. The predicted octanol–water partition coefficient (Wildman–Crippen LogP) is 6.07. The fourth-order valence-electron chi connectivity index (χ4n) is 3.78. The normalized spacial score (nSPS) is 15.4. The van der Waals surface area contributed by atoms with Crippen LogP contribution in [0.2, 0.25) is 5.02 Å². The van der Waals surface area contributed by atoms with Crippen LogP contribution in [-0.4, -0.2) is 17.0 Å². The van der Waals surface area contributed by atoms with Crippen LogP contribution < -0.4 is 4.90 Å². The molecule has 0 saturated heterocycles. The lowest BCUT2D eigenvalue weighted by atomic mass is 9.98. The van der Waals surface area contributed by atoms with Gasteiger partial charge in [0.25, 0.3) is 0 Å². The molecule has 6 heteroatoms. The highest BCUT2D eigenvalue weighted by Gasteiger charge is 2.59. The first-order valence-electron chi connectivity index (χ1n) is 9.55.